The van der Waals surface area contributed by atoms with Gasteiger partial charge in [0, 0.05) is 17.7 Å². The Balaban J connectivity index is 2.72. The Hall–Kier alpha value is -2.69. The molecule has 0 bridgehead atoms. The normalized spacial score (nSPS) is 11.2. The van der Waals surface area contributed by atoms with E-state index in [0.717, 1.165) is 17.5 Å². The van der Waals surface area contributed by atoms with Gasteiger partial charge in [-0.15, -0.1) is 0 Å². The number of carbonyl (C=O) groups excluding carboxylic acids is 1. The van der Waals surface area contributed by atoms with E-state index < -0.39 is 11.2 Å². The lowest BCUT2D eigenvalue weighted by molar-refractivity contribution is 0.102. The number of aryl methyl sites for hydroxylation is 2. The number of rotatable bonds is 6. The molecular weight excluding hydrogens is 316 g/mol. The van der Waals surface area contributed by atoms with E-state index in [4.69, 9.17) is 0 Å². The van der Waals surface area contributed by atoms with Crippen LogP contribution in [0.25, 0.3) is 0 Å². The Labute approximate surface area is 147 Å². The molecule has 0 aliphatic heterocycles. The predicted molar refractivity (Wildman–Crippen MR) is 99.5 cm³/mol. The molecule has 2 rings (SSSR count). The third kappa shape index (κ3) is 4.05. The van der Waals surface area contributed by atoms with E-state index in [1.165, 1.54) is 4.57 Å². The van der Waals surface area contributed by atoms with Crippen LogP contribution in [0, 0.1) is 13.8 Å². The second kappa shape index (κ2) is 7.92. The zero-order valence-corrected chi connectivity index (χ0v) is 15.2. The van der Waals surface area contributed by atoms with Crippen molar-refractivity contribution in [3.8, 4) is 0 Å². The highest BCUT2D eigenvalue weighted by atomic mass is 16.2. The second-order valence-corrected chi connectivity index (χ2v) is 6.14. The molecule has 0 saturated carbocycles. The van der Waals surface area contributed by atoms with E-state index >= 15 is 0 Å². The highest BCUT2D eigenvalue weighted by molar-refractivity contribution is 6.09. The summed E-state index contributed by atoms with van der Waals surface area (Å²) >= 11 is 0. The van der Waals surface area contributed by atoms with Crippen LogP contribution in [-0.2, 0) is 13.0 Å². The van der Waals surface area contributed by atoms with Gasteiger partial charge in [0.05, 0.1) is 0 Å². The molecule has 132 valence electrons. The maximum absolute atomic E-state index is 13.2. The molecule has 5 heteroatoms. The van der Waals surface area contributed by atoms with E-state index in [0.29, 0.717) is 17.5 Å². The van der Waals surface area contributed by atoms with Crippen LogP contribution in [0.1, 0.15) is 53.0 Å². The van der Waals surface area contributed by atoms with Gasteiger partial charge >= 0.3 is 5.69 Å². The predicted octanol–water partition coefficient (Wildman–Crippen LogP) is 2.91. The highest BCUT2D eigenvalue weighted by Crippen LogP contribution is 2.15. The standard InChI is InChI=1S/C20H24N2O3/c1-5-7-8-9-22-17(16(6-2)19(24)21-20(22)25)18(23)15-11-13(3)10-14(4)12-15/h7-8,10-12H,5-6,9H2,1-4H3,(H,21,24,25). The summed E-state index contributed by atoms with van der Waals surface area (Å²) in [7, 11) is 0. The lowest BCUT2D eigenvalue weighted by Gasteiger charge is -2.14. The number of H-pyrrole nitrogens is 1. The monoisotopic (exact) mass is 340 g/mol. The summed E-state index contributed by atoms with van der Waals surface area (Å²) in [4.78, 5) is 40.0. The van der Waals surface area contributed by atoms with Gasteiger partial charge in [0.25, 0.3) is 5.56 Å². The Morgan fingerprint density at radius 3 is 2.28 bits per heavy atom. The SMILES string of the molecule is CCC=CCn1c(C(=O)c2cc(C)cc(C)c2)c(CC)c(=O)[nH]c1=O. The summed E-state index contributed by atoms with van der Waals surface area (Å²) in [6.45, 7) is 7.88. The van der Waals surface area contributed by atoms with Crippen LogP contribution < -0.4 is 11.2 Å². The van der Waals surface area contributed by atoms with Crippen molar-refractivity contribution in [1.29, 1.82) is 0 Å². The van der Waals surface area contributed by atoms with E-state index in [-0.39, 0.29) is 18.0 Å². The van der Waals surface area contributed by atoms with Crippen molar-refractivity contribution >= 4 is 5.78 Å². The largest absolute Gasteiger partial charge is 0.329 e. The quantitative estimate of drug-likeness (QED) is 0.649. The van der Waals surface area contributed by atoms with Crippen LogP contribution in [-0.4, -0.2) is 15.3 Å². The third-order valence-corrected chi connectivity index (χ3v) is 4.04. The average Bonchev–Trinajstić information content (AvgIpc) is 2.55. The first kappa shape index (κ1) is 18.6. The molecule has 0 amide bonds. The molecule has 25 heavy (non-hydrogen) atoms. The fourth-order valence-corrected chi connectivity index (χ4v) is 2.96. The molecular formula is C20H24N2O3. The van der Waals surface area contributed by atoms with Crippen LogP contribution in [0.15, 0.2) is 39.9 Å². The number of aromatic nitrogens is 2. The summed E-state index contributed by atoms with van der Waals surface area (Å²) in [5, 5.41) is 0. The van der Waals surface area contributed by atoms with Gasteiger partial charge in [-0.2, -0.15) is 0 Å². The second-order valence-electron chi connectivity index (χ2n) is 6.14. The fraction of sp³-hybridized carbons (Fsp3) is 0.350. The first-order valence-corrected chi connectivity index (χ1v) is 8.53. The zero-order valence-electron chi connectivity index (χ0n) is 15.2. The third-order valence-electron chi connectivity index (χ3n) is 4.04. The molecule has 0 aliphatic carbocycles. The van der Waals surface area contributed by atoms with Crippen LogP contribution in [0.5, 0.6) is 0 Å². The Morgan fingerprint density at radius 1 is 1.08 bits per heavy atom. The summed E-state index contributed by atoms with van der Waals surface area (Å²) in [6.07, 6.45) is 4.96. The van der Waals surface area contributed by atoms with E-state index in [9.17, 15) is 14.4 Å². The molecule has 5 nitrogen and oxygen atoms in total. The van der Waals surface area contributed by atoms with E-state index in [1.54, 1.807) is 19.1 Å². The minimum absolute atomic E-state index is 0.182. The molecule has 0 atom stereocenters. The summed E-state index contributed by atoms with van der Waals surface area (Å²) in [5.74, 6) is -0.295. The van der Waals surface area contributed by atoms with Gasteiger partial charge in [-0.3, -0.25) is 19.1 Å². The number of nitrogens with one attached hydrogen (secondary N) is 1. The summed E-state index contributed by atoms with van der Waals surface area (Å²) in [5.41, 5.74) is 1.89. The zero-order chi connectivity index (χ0) is 18.6. The van der Waals surface area contributed by atoms with Crippen molar-refractivity contribution in [2.24, 2.45) is 0 Å². The first-order valence-electron chi connectivity index (χ1n) is 8.53. The average molecular weight is 340 g/mol. The Morgan fingerprint density at radius 2 is 1.72 bits per heavy atom. The van der Waals surface area contributed by atoms with Gasteiger partial charge in [-0.25, -0.2) is 4.79 Å². The summed E-state index contributed by atoms with van der Waals surface area (Å²) < 4.78 is 1.35. The number of ketones is 1. The lowest BCUT2D eigenvalue weighted by atomic mass is 9.99. The van der Waals surface area contributed by atoms with Crippen molar-refractivity contribution in [3.63, 3.8) is 0 Å². The summed E-state index contributed by atoms with van der Waals surface area (Å²) in [6, 6.07) is 5.55. The molecule has 0 saturated heterocycles. The van der Waals surface area contributed by atoms with Crippen molar-refractivity contribution in [2.75, 3.05) is 0 Å². The molecule has 1 aromatic heterocycles. The van der Waals surface area contributed by atoms with Crippen LogP contribution in [0.2, 0.25) is 0 Å². The van der Waals surface area contributed by atoms with E-state index in [2.05, 4.69) is 4.98 Å². The number of benzene rings is 1. The molecule has 0 unspecified atom stereocenters. The number of carbonyl (C=O) groups is 1. The lowest BCUT2D eigenvalue weighted by Crippen LogP contribution is -2.37. The number of allylic oxidation sites excluding steroid dienone is 2. The maximum atomic E-state index is 13.2. The van der Waals surface area contributed by atoms with Crippen molar-refractivity contribution < 1.29 is 4.79 Å². The van der Waals surface area contributed by atoms with Gasteiger partial charge in [0.15, 0.2) is 0 Å². The number of aromatic amines is 1. The molecule has 0 aliphatic rings. The molecule has 0 spiro atoms. The first-order chi connectivity index (χ1) is 11.9. The Kier molecular flexibility index (Phi) is 5.91. The molecule has 1 aromatic carbocycles. The molecule has 2 aromatic rings. The molecule has 1 heterocycles. The van der Waals surface area contributed by atoms with Gasteiger partial charge in [0.1, 0.15) is 5.69 Å². The van der Waals surface area contributed by atoms with Gasteiger partial charge in [-0.05, 0) is 38.8 Å². The smallest absolute Gasteiger partial charge is 0.287 e. The number of nitrogens with zero attached hydrogens (tertiary/aromatic N) is 1. The molecule has 0 radical (unpaired) electrons. The van der Waals surface area contributed by atoms with E-state index in [1.807, 2.05) is 39.0 Å². The van der Waals surface area contributed by atoms with Crippen molar-refractivity contribution in [1.82, 2.24) is 9.55 Å². The molecule has 1 N–H and O–H groups in total. The van der Waals surface area contributed by atoms with Gasteiger partial charge in [-0.1, -0.05) is 43.2 Å². The highest BCUT2D eigenvalue weighted by Gasteiger charge is 2.21. The maximum Gasteiger partial charge on any atom is 0.329 e. The minimum Gasteiger partial charge on any atom is -0.287 e. The van der Waals surface area contributed by atoms with Crippen LogP contribution in [0.3, 0.4) is 0 Å². The molecule has 0 fully saturated rings. The Bertz CT molecular complexity index is 913. The van der Waals surface area contributed by atoms with Gasteiger partial charge in [0.2, 0.25) is 5.78 Å². The van der Waals surface area contributed by atoms with Crippen molar-refractivity contribution in [2.45, 2.75) is 47.1 Å². The van der Waals surface area contributed by atoms with Gasteiger partial charge < -0.3 is 0 Å². The number of hydrogen-bond donors (Lipinski definition) is 1. The fourth-order valence-electron chi connectivity index (χ4n) is 2.96. The van der Waals surface area contributed by atoms with Crippen LogP contribution in [0.4, 0.5) is 0 Å². The van der Waals surface area contributed by atoms with Crippen molar-refractivity contribution in [3.05, 3.63) is 79.1 Å². The van der Waals surface area contributed by atoms with Crippen LogP contribution >= 0.6 is 0 Å². The number of hydrogen-bond acceptors (Lipinski definition) is 3. The minimum atomic E-state index is -0.560. The topological polar surface area (TPSA) is 71.9 Å².